The molecule has 0 radical (unpaired) electrons. The summed E-state index contributed by atoms with van der Waals surface area (Å²) in [4.78, 5) is 4.51. The molecule has 0 fully saturated rings. The van der Waals surface area contributed by atoms with E-state index in [9.17, 15) is 4.39 Å². The van der Waals surface area contributed by atoms with Crippen LogP contribution in [0.3, 0.4) is 0 Å². The fourth-order valence-corrected chi connectivity index (χ4v) is 2.36. The summed E-state index contributed by atoms with van der Waals surface area (Å²) in [5, 5.41) is 5.03. The Morgan fingerprint density at radius 3 is 2.78 bits per heavy atom. The number of para-hydroxylation sites is 1. The fraction of sp³-hybridized carbons (Fsp3) is 0.111. The molecule has 0 saturated heterocycles. The van der Waals surface area contributed by atoms with Gasteiger partial charge in [0, 0.05) is 16.6 Å². The molecular formula is C18H16FN3O. The number of anilines is 1. The van der Waals surface area contributed by atoms with Crippen molar-refractivity contribution in [3.05, 3.63) is 65.6 Å². The largest absolute Gasteiger partial charge is 0.494 e. The number of nitrogens with zero attached hydrogens (tertiary/aromatic N) is 2. The molecule has 3 aromatic rings. The third-order valence-corrected chi connectivity index (χ3v) is 3.44. The van der Waals surface area contributed by atoms with Crippen LogP contribution in [0, 0.1) is 12.7 Å². The molecule has 2 aromatic carbocycles. The van der Waals surface area contributed by atoms with E-state index in [0.717, 1.165) is 22.3 Å². The average molecular weight is 309 g/mol. The van der Waals surface area contributed by atoms with Crippen molar-refractivity contribution in [2.45, 2.75) is 6.92 Å². The van der Waals surface area contributed by atoms with Crippen molar-refractivity contribution in [3.8, 4) is 5.75 Å². The van der Waals surface area contributed by atoms with Crippen molar-refractivity contribution in [2.24, 2.45) is 5.10 Å². The van der Waals surface area contributed by atoms with Gasteiger partial charge in [-0.25, -0.2) is 9.37 Å². The summed E-state index contributed by atoms with van der Waals surface area (Å²) in [5.74, 6) is 0.391. The number of aryl methyl sites for hydroxylation is 1. The van der Waals surface area contributed by atoms with E-state index in [-0.39, 0.29) is 5.82 Å². The van der Waals surface area contributed by atoms with E-state index in [2.05, 4.69) is 15.5 Å². The van der Waals surface area contributed by atoms with E-state index in [0.29, 0.717) is 11.3 Å². The topological polar surface area (TPSA) is 46.5 Å². The Kier molecular flexibility index (Phi) is 4.19. The number of aromatic nitrogens is 1. The molecule has 23 heavy (non-hydrogen) atoms. The number of fused-ring (bicyclic) bond motifs is 1. The third-order valence-electron chi connectivity index (χ3n) is 3.44. The molecule has 1 N–H and O–H groups in total. The molecule has 0 amide bonds. The molecule has 116 valence electrons. The van der Waals surface area contributed by atoms with Gasteiger partial charge in [-0.05, 0) is 25.1 Å². The van der Waals surface area contributed by atoms with E-state index in [1.54, 1.807) is 25.3 Å². The van der Waals surface area contributed by atoms with Gasteiger partial charge in [-0.15, -0.1) is 0 Å². The maximum Gasteiger partial charge on any atom is 0.145 e. The van der Waals surface area contributed by atoms with Crippen LogP contribution < -0.4 is 10.2 Å². The molecule has 5 heteroatoms. The average Bonchev–Trinajstić information content (AvgIpc) is 2.56. The highest BCUT2D eigenvalue weighted by Gasteiger charge is 2.08. The monoisotopic (exact) mass is 309 g/mol. The van der Waals surface area contributed by atoms with Crippen LogP contribution in [0.25, 0.3) is 10.9 Å². The predicted octanol–water partition coefficient (Wildman–Crippen LogP) is 4.14. The van der Waals surface area contributed by atoms with E-state index in [4.69, 9.17) is 4.74 Å². The lowest BCUT2D eigenvalue weighted by Crippen LogP contribution is -1.97. The molecule has 0 unspecified atom stereocenters. The summed E-state index contributed by atoms with van der Waals surface area (Å²) in [7, 11) is 1.61. The Labute approximate surface area is 133 Å². The van der Waals surface area contributed by atoms with Crippen molar-refractivity contribution in [1.82, 2.24) is 4.98 Å². The lowest BCUT2D eigenvalue weighted by atomic mass is 10.1. The van der Waals surface area contributed by atoms with Crippen molar-refractivity contribution < 1.29 is 9.13 Å². The lowest BCUT2D eigenvalue weighted by Gasteiger charge is -2.10. The number of hydrogen-bond donors (Lipinski definition) is 1. The Balaban J connectivity index is 1.96. The van der Waals surface area contributed by atoms with Gasteiger partial charge in [0.1, 0.15) is 17.1 Å². The Morgan fingerprint density at radius 1 is 1.17 bits per heavy atom. The first kappa shape index (κ1) is 15.0. The summed E-state index contributed by atoms with van der Waals surface area (Å²) < 4.78 is 18.9. The van der Waals surface area contributed by atoms with Gasteiger partial charge in [-0.1, -0.05) is 30.3 Å². The number of nitrogens with one attached hydrogen (secondary N) is 1. The maximum atomic E-state index is 13.6. The number of hydrazone groups is 1. The second-order valence-corrected chi connectivity index (χ2v) is 5.06. The van der Waals surface area contributed by atoms with Crippen LogP contribution in [0.2, 0.25) is 0 Å². The molecule has 3 rings (SSSR count). The molecule has 0 bridgehead atoms. The van der Waals surface area contributed by atoms with Crippen LogP contribution in [0.5, 0.6) is 5.75 Å². The number of benzene rings is 2. The molecule has 1 heterocycles. The lowest BCUT2D eigenvalue weighted by molar-refractivity contribution is 0.419. The van der Waals surface area contributed by atoms with E-state index < -0.39 is 0 Å². The molecule has 0 aliphatic carbocycles. The second-order valence-electron chi connectivity index (χ2n) is 5.06. The number of methoxy groups -OCH3 is 1. The van der Waals surface area contributed by atoms with E-state index in [1.807, 2.05) is 31.2 Å². The molecule has 1 aromatic heterocycles. The number of pyridine rings is 1. The number of hydrogen-bond acceptors (Lipinski definition) is 4. The standard InChI is InChI=1S/C18H16FN3O/c1-12-10-16(14-7-5-9-17(23-2)18(14)21-12)22-20-11-13-6-3-4-8-15(13)19/h3-11H,1-2H3,(H,21,22)/b20-11+. The maximum absolute atomic E-state index is 13.6. The number of halogens is 1. The Hall–Kier alpha value is -2.95. The molecule has 0 atom stereocenters. The normalized spacial score (nSPS) is 11.1. The van der Waals surface area contributed by atoms with Crippen LogP contribution in [-0.4, -0.2) is 18.3 Å². The zero-order chi connectivity index (χ0) is 16.2. The van der Waals surface area contributed by atoms with Crippen LogP contribution >= 0.6 is 0 Å². The zero-order valence-corrected chi connectivity index (χ0v) is 12.9. The van der Waals surface area contributed by atoms with Crippen LogP contribution in [-0.2, 0) is 0 Å². The molecular weight excluding hydrogens is 293 g/mol. The minimum absolute atomic E-state index is 0.310. The van der Waals surface area contributed by atoms with Gasteiger partial charge in [-0.2, -0.15) is 5.10 Å². The second kappa shape index (κ2) is 6.44. The smallest absolute Gasteiger partial charge is 0.145 e. The SMILES string of the molecule is COc1cccc2c(N/N=C/c3ccccc3F)cc(C)nc12. The van der Waals surface area contributed by atoms with Crippen LogP contribution in [0.15, 0.2) is 53.6 Å². The summed E-state index contributed by atoms with van der Waals surface area (Å²) in [6, 6.07) is 14.1. The molecule has 0 aliphatic heterocycles. The van der Waals surface area contributed by atoms with Gasteiger partial charge in [0.15, 0.2) is 0 Å². The van der Waals surface area contributed by atoms with Gasteiger partial charge in [0.25, 0.3) is 0 Å². The fourth-order valence-electron chi connectivity index (χ4n) is 2.36. The summed E-state index contributed by atoms with van der Waals surface area (Å²) in [5.41, 5.74) is 5.78. The molecule has 4 nitrogen and oxygen atoms in total. The predicted molar refractivity (Wildman–Crippen MR) is 90.6 cm³/mol. The number of rotatable bonds is 4. The summed E-state index contributed by atoms with van der Waals surface area (Å²) >= 11 is 0. The minimum atomic E-state index is -0.310. The number of ether oxygens (including phenoxy) is 1. The first-order valence-corrected chi connectivity index (χ1v) is 7.17. The molecule has 0 aliphatic rings. The first-order chi connectivity index (χ1) is 11.2. The quantitative estimate of drug-likeness (QED) is 0.582. The third kappa shape index (κ3) is 3.13. The Morgan fingerprint density at radius 2 is 2.00 bits per heavy atom. The Bertz CT molecular complexity index is 877. The van der Waals surface area contributed by atoms with E-state index >= 15 is 0 Å². The van der Waals surface area contributed by atoms with Gasteiger partial charge in [-0.3, -0.25) is 5.43 Å². The molecule has 0 saturated carbocycles. The van der Waals surface area contributed by atoms with Crippen molar-refractivity contribution in [1.29, 1.82) is 0 Å². The van der Waals surface area contributed by atoms with Gasteiger partial charge < -0.3 is 4.74 Å². The van der Waals surface area contributed by atoms with Crippen LogP contribution in [0.4, 0.5) is 10.1 Å². The van der Waals surface area contributed by atoms with Crippen molar-refractivity contribution in [2.75, 3.05) is 12.5 Å². The van der Waals surface area contributed by atoms with Gasteiger partial charge in [0.05, 0.1) is 19.0 Å². The highest BCUT2D eigenvalue weighted by molar-refractivity contribution is 5.95. The highest BCUT2D eigenvalue weighted by atomic mass is 19.1. The highest BCUT2D eigenvalue weighted by Crippen LogP contribution is 2.29. The van der Waals surface area contributed by atoms with Crippen molar-refractivity contribution in [3.63, 3.8) is 0 Å². The minimum Gasteiger partial charge on any atom is -0.494 e. The van der Waals surface area contributed by atoms with Gasteiger partial charge in [0.2, 0.25) is 0 Å². The summed E-state index contributed by atoms with van der Waals surface area (Å²) in [6.07, 6.45) is 1.46. The first-order valence-electron chi connectivity index (χ1n) is 7.17. The van der Waals surface area contributed by atoms with Crippen LogP contribution in [0.1, 0.15) is 11.3 Å². The van der Waals surface area contributed by atoms with Gasteiger partial charge >= 0.3 is 0 Å². The zero-order valence-electron chi connectivity index (χ0n) is 12.9. The molecule has 0 spiro atoms. The summed E-state index contributed by atoms with van der Waals surface area (Å²) in [6.45, 7) is 1.90. The van der Waals surface area contributed by atoms with E-state index in [1.165, 1.54) is 12.3 Å². The van der Waals surface area contributed by atoms with Crippen molar-refractivity contribution >= 4 is 22.8 Å².